The second-order valence-corrected chi connectivity index (χ2v) is 9.68. The molecule has 8 nitrogen and oxygen atoms in total. The van der Waals surface area contributed by atoms with Crippen LogP contribution >= 0.6 is 0 Å². The van der Waals surface area contributed by atoms with Crippen molar-refractivity contribution in [2.24, 2.45) is 9.98 Å². The van der Waals surface area contributed by atoms with E-state index in [1.165, 1.54) is 56.2 Å². The average molecular weight is 597 g/mol. The molecule has 43 heavy (non-hydrogen) atoms. The number of ether oxygens (including phenoxy) is 1. The Kier molecular flexibility index (Phi) is 33.0. The smallest absolute Gasteiger partial charge is 0.333 e. The van der Waals surface area contributed by atoms with Crippen LogP contribution in [0.1, 0.15) is 89.5 Å². The van der Waals surface area contributed by atoms with Gasteiger partial charge in [-0.1, -0.05) is 81.2 Å². The van der Waals surface area contributed by atoms with Gasteiger partial charge in [0.05, 0.1) is 19.7 Å². The van der Waals surface area contributed by atoms with Gasteiger partial charge in [-0.05, 0) is 76.0 Å². The molecule has 0 saturated carbocycles. The lowest BCUT2D eigenvalue weighted by molar-refractivity contribution is -0.139. The van der Waals surface area contributed by atoms with E-state index < -0.39 is 5.97 Å². The van der Waals surface area contributed by atoms with Gasteiger partial charge in [0, 0.05) is 5.57 Å². The molecule has 0 aromatic heterocycles. The van der Waals surface area contributed by atoms with Crippen molar-refractivity contribution in [3.63, 3.8) is 0 Å². The predicted octanol–water partition coefficient (Wildman–Crippen LogP) is 7.67. The summed E-state index contributed by atoms with van der Waals surface area (Å²) in [4.78, 5) is 36.6. The first-order chi connectivity index (χ1) is 20.9. The molecule has 1 rings (SSSR count). The second kappa shape index (κ2) is 34.4. The van der Waals surface area contributed by atoms with Crippen molar-refractivity contribution in [1.29, 1.82) is 0 Å². The Bertz CT molecular complexity index is 983. The number of phenolic OH excluding ortho intramolecular Hbond substituents is 1. The van der Waals surface area contributed by atoms with Crippen LogP contribution in [0.25, 0.3) is 0 Å². The zero-order valence-corrected chi connectivity index (χ0v) is 26.1. The Morgan fingerprint density at radius 1 is 0.884 bits per heavy atom. The molecule has 0 amide bonds. The van der Waals surface area contributed by atoms with Crippen LogP contribution in [0.15, 0.2) is 83.4 Å². The van der Waals surface area contributed by atoms with E-state index in [-0.39, 0.29) is 13.2 Å². The van der Waals surface area contributed by atoms with Gasteiger partial charge in [-0.3, -0.25) is 0 Å². The fourth-order valence-electron chi connectivity index (χ4n) is 3.50. The molecule has 0 heterocycles. The largest absolute Gasteiger partial charge is 0.508 e. The number of carbonyl (C=O) groups is 1. The van der Waals surface area contributed by atoms with Gasteiger partial charge in [0.15, 0.2) is 0 Å². The molecule has 1 aromatic rings. The Balaban J connectivity index is 0. The molecule has 0 aliphatic carbocycles. The topological polar surface area (TPSA) is 126 Å². The number of aryl methyl sites for hydroxylation is 1. The Hall–Kier alpha value is -3.83. The van der Waals surface area contributed by atoms with Crippen LogP contribution in [0.3, 0.4) is 0 Å². The van der Waals surface area contributed by atoms with Crippen LogP contribution in [-0.2, 0) is 25.5 Å². The maximum absolute atomic E-state index is 10.5. The van der Waals surface area contributed by atoms with E-state index in [1.807, 2.05) is 18.2 Å². The quantitative estimate of drug-likeness (QED) is 0.0353. The van der Waals surface area contributed by atoms with Gasteiger partial charge in [0.25, 0.3) is 0 Å². The van der Waals surface area contributed by atoms with Crippen LogP contribution < -0.4 is 0 Å². The molecule has 0 bridgehead atoms. The van der Waals surface area contributed by atoms with Crippen molar-refractivity contribution in [3.05, 3.63) is 78.9 Å². The highest BCUT2D eigenvalue weighted by Crippen LogP contribution is 2.14. The van der Waals surface area contributed by atoms with Gasteiger partial charge in [-0.2, -0.15) is 0 Å². The molecule has 0 atom stereocenters. The molecule has 2 N–H and O–H groups in total. The van der Waals surface area contributed by atoms with Crippen LogP contribution in [0.5, 0.6) is 5.75 Å². The summed E-state index contributed by atoms with van der Waals surface area (Å²) in [5.41, 5.74) is 1.59. The van der Waals surface area contributed by atoms with E-state index in [2.05, 4.69) is 58.2 Å². The number of aromatic hydroxyl groups is 1. The summed E-state index contributed by atoms with van der Waals surface area (Å²) in [6, 6.07) is 7.61. The van der Waals surface area contributed by atoms with E-state index in [0.29, 0.717) is 24.4 Å². The van der Waals surface area contributed by atoms with Crippen molar-refractivity contribution in [3.8, 4) is 5.75 Å². The number of allylic oxidation sites excluding steroid dienone is 5. The number of hydrogen-bond acceptors (Lipinski definition) is 8. The number of carbonyl (C=O) groups excluding carboxylic acids is 3. The Morgan fingerprint density at radius 3 is 2.05 bits per heavy atom. The first-order valence-corrected chi connectivity index (χ1v) is 15.1. The molecule has 0 fully saturated rings. The first kappa shape index (κ1) is 41.3. The number of esters is 1. The third-order valence-electron chi connectivity index (χ3n) is 5.75. The van der Waals surface area contributed by atoms with E-state index >= 15 is 0 Å². The van der Waals surface area contributed by atoms with Gasteiger partial charge in [-0.25, -0.2) is 24.4 Å². The number of unbranched alkanes of at least 4 members (excludes halogenated alkanes) is 8. The maximum atomic E-state index is 10.5. The minimum absolute atomic E-state index is 0.0473. The van der Waals surface area contributed by atoms with Crippen LogP contribution in [0, 0.1) is 0 Å². The zero-order valence-electron chi connectivity index (χ0n) is 26.1. The number of rotatable bonds is 22. The molecule has 8 heteroatoms. The lowest BCUT2D eigenvalue weighted by Crippen LogP contribution is -2.08. The molecule has 0 aliphatic rings. The fraction of sp³-hybridized carbons (Fsp3) is 0.514. The lowest BCUT2D eigenvalue weighted by atomic mass is 10.0. The molecule has 0 radical (unpaired) electrons. The highest BCUT2D eigenvalue weighted by atomic mass is 16.5. The summed E-state index contributed by atoms with van der Waals surface area (Å²) in [5, 5.41) is 17.6. The highest BCUT2D eigenvalue weighted by Gasteiger charge is 2.00. The number of isocyanates is 2. The van der Waals surface area contributed by atoms with Crippen molar-refractivity contribution < 1.29 is 29.3 Å². The molecule has 0 spiro atoms. The van der Waals surface area contributed by atoms with E-state index in [4.69, 9.17) is 5.11 Å². The number of hydrogen-bond donors (Lipinski definition) is 2. The molecular weight excluding hydrogens is 544 g/mol. The van der Waals surface area contributed by atoms with Crippen molar-refractivity contribution in [2.45, 2.75) is 90.4 Å². The number of benzene rings is 1. The van der Waals surface area contributed by atoms with E-state index in [0.717, 1.165) is 44.9 Å². The molecule has 238 valence electrons. The van der Waals surface area contributed by atoms with E-state index in [9.17, 15) is 19.5 Å². The minimum Gasteiger partial charge on any atom is -0.508 e. The number of phenols is 1. The molecule has 1 aromatic carbocycles. The third kappa shape index (κ3) is 34.3. The van der Waals surface area contributed by atoms with Gasteiger partial charge >= 0.3 is 5.97 Å². The summed E-state index contributed by atoms with van der Waals surface area (Å²) in [5.74, 6) is -0.0762. The normalized spacial score (nSPS) is 10.0. The lowest BCUT2D eigenvalue weighted by Gasteiger charge is -2.02. The maximum Gasteiger partial charge on any atom is 0.333 e. The predicted molar refractivity (Wildman–Crippen MR) is 175 cm³/mol. The van der Waals surface area contributed by atoms with Gasteiger partial charge < -0.3 is 14.9 Å². The SMILES string of the molecule is C=C(C)C(=O)OCCO.C=CC/C=C\C/C=C\CCCCCCCc1cccc(O)c1.O=C=NCCCCCCN=C=O. The van der Waals surface area contributed by atoms with Crippen molar-refractivity contribution in [1.82, 2.24) is 0 Å². The fourth-order valence-corrected chi connectivity index (χ4v) is 3.50. The van der Waals surface area contributed by atoms with Crippen LogP contribution in [0.4, 0.5) is 0 Å². The summed E-state index contributed by atoms with van der Waals surface area (Å²) in [6.45, 7) is 9.62. The summed E-state index contributed by atoms with van der Waals surface area (Å²) in [6.07, 6.45) is 28.3. The molecular formula is C35H52N2O6. The highest BCUT2D eigenvalue weighted by molar-refractivity contribution is 5.86. The van der Waals surface area contributed by atoms with E-state index in [1.54, 1.807) is 13.0 Å². The van der Waals surface area contributed by atoms with Gasteiger partial charge in [0.1, 0.15) is 12.4 Å². The number of nitrogens with zero attached hydrogens (tertiary/aromatic N) is 2. The Morgan fingerprint density at radius 2 is 1.47 bits per heavy atom. The number of aliphatic imine (C=N–C) groups is 2. The number of aliphatic hydroxyl groups excluding tert-OH is 1. The van der Waals surface area contributed by atoms with Crippen LogP contribution in [0.2, 0.25) is 0 Å². The second-order valence-electron chi connectivity index (χ2n) is 9.68. The third-order valence-corrected chi connectivity index (χ3v) is 5.75. The molecule has 0 aliphatic heterocycles. The van der Waals surface area contributed by atoms with Crippen molar-refractivity contribution >= 4 is 18.1 Å². The molecule has 0 unspecified atom stereocenters. The average Bonchev–Trinajstić information content (AvgIpc) is 3.00. The standard InChI is InChI=1S/C21H30O.C8H12N2O2.C6H10O3/c1-2-3-4-5-6-7-8-9-10-11-12-13-14-16-20-17-15-18-21(22)19-20;11-7-9-5-3-1-2-4-6-10-8-12;1-5(2)6(8)9-4-3-7/h2,4-5,7-8,15,17-19,22H,1,3,6,9-14,16H2;1-6H2;7H,1,3-4H2,2H3/b5-4-,8-7-;;. The zero-order chi connectivity index (χ0) is 32.2. The monoisotopic (exact) mass is 596 g/mol. The minimum atomic E-state index is -0.455. The van der Waals surface area contributed by atoms with Crippen molar-refractivity contribution in [2.75, 3.05) is 26.3 Å². The van der Waals surface area contributed by atoms with Gasteiger partial charge in [-0.15, -0.1) is 6.58 Å². The first-order valence-electron chi connectivity index (χ1n) is 15.1. The summed E-state index contributed by atoms with van der Waals surface area (Å²) >= 11 is 0. The van der Waals surface area contributed by atoms with Crippen LogP contribution in [-0.4, -0.2) is 54.6 Å². The number of aliphatic hydroxyl groups is 1. The van der Waals surface area contributed by atoms with Gasteiger partial charge in [0.2, 0.25) is 12.2 Å². The molecule has 0 saturated heterocycles. The summed E-state index contributed by atoms with van der Waals surface area (Å²) < 4.78 is 4.46. The summed E-state index contributed by atoms with van der Waals surface area (Å²) in [7, 11) is 0. The Labute approximate surface area is 258 Å².